The number of thiol groups is 1. The van der Waals surface area contributed by atoms with E-state index in [-0.39, 0.29) is 0 Å². The molecule has 0 aliphatic carbocycles. The first-order valence-corrected chi connectivity index (χ1v) is 3.66. The van der Waals surface area contributed by atoms with Gasteiger partial charge in [0.15, 0.2) is 0 Å². The highest BCUT2D eigenvalue weighted by Gasteiger charge is 2.24. The first-order valence-electron chi connectivity index (χ1n) is 1.22. The molecule has 0 aliphatic rings. The van der Waals surface area contributed by atoms with Crippen LogP contribution in [0.2, 0.25) is 0 Å². The molecule has 0 amide bonds. The van der Waals surface area contributed by atoms with Crippen molar-refractivity contribution in [1.29, 1.82) is 0 Å². The molecule has 0 unspecified atom stereocenters. The highest BCUT2D eigenvalue weighted by Crippen LogP contribution is 2.52. The number of halogens is 2. The number of hydrogen-bond donors (Lipinski definition) is 1. The molecule has 4 nitrogen and oxygen atoms in total. The summed E-state index contributed by atoms with van der Waals surface area (Å²) < 4.78 is 21.3. The molecule has 8 heavy (non-hydrogen) atoms. The van der Waals surface area contributed by atoms with Gasteiger partial charge in [0.1, 0.15) is 0 Å². The number of rotatable bonds is 3. The van der Waals surface area contributed by atoms with E-state index < -0.39 is 7.82 Å². The van der Waals surface area contributed by atoms with Crippen molar-refractivity contribution in [1.82, 2.24) is 0 Å². The average Bonchev–Trinajstić information content (AvgIpc) is 1.87. The summed E-state index contributed by atoms with van der Waals surface area (Å²) in [6.45, 7) is 0. The van der Waals surface area contributed by atoms with Crippen LogP contribution < -0.4 is 0 Å². The standard InChI is InChI=1S/Cl2HO4PS/c1-4-7(3,5-2)6-8/h8H. The van der Waals surface area contributed by atoms with Crippen LogP contribution in [0.25, 0.3) is 0 Å². The minimum absolute atomic E-state index is 3.08. The van der Waals surface area contributed by atoms with E-state index in [4.69, 9.17) is 0 Å². The Kier molecular flexibility index (Phi) is 4.47. The minimum atomic E-state index is -3.77. The average molecular weight is 199 g/mol. The molecule has 0 aromatic rings. The van der Waals surface area contributed by atoms with Crippen LogP contribution >= 0.6 is 44.5 Å². The van der Waals surface area contributed by atoms with Crippen LogP contribution in [0, 0.1) is 0 Å². The van der Waals surface area contributed by atoms with Gasteiger partial charge >= 0.3 is 7.82 Å². The summed E-state index contributed by atoms with van der Waals surface area (Å²) in [6, 6.07) is 0. The SMILES string of the molecule is O=P(OS)(OCl)OCl. The zero-order chi connectivity index (χ0) is 6.62. The second-order valence-corrected chi connectivity index (χ2v) is 3.32. The first-order chi connectivity index (χ1) is 3.68. The molecule has 0 aliphatic heterocycles. The molecule has 0 aromatic carbocycles. The Morgan fingerprint density at radius 1 is 1.38 bits per heavy atom. The van der Waals surface area contributed by atoms with Gasteiger partial charge in [-0.3, -0.25) is 0 Å². The highest BCUT2D eigenvalue weighted by molar-refractivity contribution is 7.81. The van der Waals surface area contributed by atoms with E-state index in [0.717, 1.165) is 0 Å². The molecule has 0 fully saturated rings. The molecule has 50 valence electrons. The molecule has 0 bridgehead atoms. The Balaban J connectivity index is 3.79. The van der Waals surface area contributed by atoms with Crippen LogP contribution in [0.5, 0.6) is 0 Å². The van der Waals surface area contributed by atoms with E-state index in [1.807, 2.05) is 0 Å². The van der Waals surface area contributed by atoms with Gasteiger partial charge in [-0.05, 0) is 12.9 Å². The fourth-order valence-electron chi connectivity index (χ4n) is 0.0358. The van der Waals surface area contributed by atoms with Gasteiger partial charge < -0.3 is 0 Å². The van der Waals surface area contributed by atoms with Crippen LogP contribution in [0.4, 0.5) is 0 Å². The highest BCUT2D eigenvalue weighted by atomic mass is 35.5. The van der Waals surface area contributed by atoms with E-state index in [1.54, 1.807) is 0 Å². The van der Waals surface area contributed by atoms with Crippen molar-refractivity contribution in [3.8, 4) is 0 Å². The molecule has 0 saturated carbocycles. The summed E-state index contributed by atoms with van der Waals surface area (Å²) >= 11 is 12.2. The van der Waals surface area contributed by atoms with Gasteiger partial charge in [0.05, 0.1) is 23.7 Å². The zero-order valence-corrected chi connectivity index (χ0v) is 6.58. The Morgan fingerprint density at radius 2 is 1.75 bits per heavy atom. The van der Waals surface area contributed by atoms with E-state index in [2.05, 4.69) is 48.8 Å². The van der Waals surface area contributed by atoms with Crippen molar-refractivity contribution in [3.05, 3.63) is 0 Å². The fraction of sp³-hybridized carbons (Fsp3) is 0. The van der Waals surface area contributed by atoms with Crippen LogP contribution in [0.3, 0.4) is 0 Å². The molecule has 0 rings (SSSR count). The van der Waals surface area contributed by atoms with Crippen LogP contribution in [0.1, 0.15) is 0 Å². The Hall–Kier alpha value is 1.04. The summed E-state index contributed by atoms with van der Waals surface area (Å²) in [6.07, 6.45) is 0. The van der Waals surface area contributed by atoms with Gasteiger partial charge in [0.25, 0.3) is 0 Å². The van der Waals surface area contributed by atoms with Crippen molar-refractivity contribution < 1.29 is 16.7 Å². The molecule has 0 heterocycles. The largest absolute Gasteiger partial charge is 0.518 e. The van der Waals surface area contributed by atoms with Crippen molar-refractivity contribution in [2.75, 3.05) is 0 Å². The first kappa shape index (κ1) is 9.04. The maximum absolute atomic E-state index is 10.3. The molecule has 0 saturated heterocycles. The van der Waals surface area contributed by atoms with Crippen molar-refractivity contribution in [2.24, 2.45) is 0 Å². The van der Waals surface area contributed by atoms with Gasteiger partial charge in [-0.1, -0.05) is 0 Å². The van der Waals surface area contributed by atoms with Gasteiger partial charge in [-0.15, -0.1) is 0 Å². The molecule has 0 atom stereocenters. The predicted molar refractivity (Wildman–Crippen MR) is 31.6 cm³/mol. The lowest BCUT2D eigenvalue weighted by molar-refractivity contribution is 0.338. The summed E-state index contributed by atoms with van der Waals surface area (Å²) in [5, 5.41) is 0. The minimum Gasteiger partial charge on any atom is -0.224 e. The topological polar surface area (TPSA) is 44.8 Å². The smallest absolute Gasteiger partial charge is 0.224 e. The summed E-state index contributed by atoms with van der Waals surface area (Å²) in [5.74, 6) is 0. The summed E-state index contributed by atoms with van der Waals surface area (Å²) in [4.78, 5) is 0. The maximum atomic E-state index is 10.3. The van der Waals surface area contributed by atoms with E-state index in [0.29, 0.717) is 0 Å². The lowest BCUT2D eigenvalue weighted by Crippen LogP contribution is -1.77. The van der Waals surface area contributed by atoms with Gasteiger partial charge in [-0.2, -0.15) is 8.15 Å². The van der Waals surface area contributed by atoms with Gasteiger partial charge in [-0.25, -0.2) is 8.54 Å². The summed E-state index contributed by atoms with van der Waals surface area (Å²) in [7, 11) is -3.77. The monoisotopic (exact) mass is 198 g/mol. The second kappa shape index (κ2) is 3.95. The number of hydrogen-bond acceptors (Lipinski definition) is 5. The molecule has 0 aromatic heterocycles. The van der Waals surface area contributed by atoms with Gasteiger partial charge in [0.2, 0.25) is 0 Å². The van der Waals surface area contributed by atoms with Crippen molar-refractivity contribution >= 4 is 44.5 Å². The van der Waals surface area contributed by atoms with Crippen molar-refractivity contribution in [3.63, 3.8) is 0 Å². The molecule has 8 heteroatoms. The van der Waals surface area contributed by atoms with Crippen LogP contribution in [-0.2, 0) is 16.7 Å². The molecule has 0 N–H and O–H groups in total. The third kappa shape index (κ3) is 2.55. The molecular weight excluding hydrogens is 198 g/mol. The van der Waals surface area contributed by atoms with Gasteiger partial charge in [0, 0.05) is 0 Å². The predicted octanol–water partition coefficient (Wildman–Crippen LogP) is 2.30. The zero-order valence-electron chi connectivity index (χ0n) is 3.28. The lowest BCUT2D eigenvalue weighted by atomic mass is 15.7. The van der Waals surface area contributed by atoms with E-state index in [1.165, 1.54) is 0 Å². The molecule has 0 spiro atoms. The van der Waals surface area contributed by atoms with E-state index >= 15 is 0 Å². The van der Waals surface area contributed by atoms with Crippen LogP contribution in [0.15, 0.2) is 0 Å². The Morgan fingerprint density at radius 3 is 1.75 bits per heavy atom. The summed E-state index contributed by atoms with van der Waals surface area (Å²) in [5.41, 5.74) is 0. The maximum Gasteiger partial charge on any atom is 0.518 e. The molecule has 0 radical (unpaired) electrons. The fourth-order valence-corrected chi connectivity index (χ4v) is 0.968. The van der Waals surface area contributed by atoms with Crippen LogP contribution in [-0.4, -0.2) is 0 Å². The quantitative estimate of drug-likeness (QED) is 0.430. The number of phosphoric acid groups is 1. The Labute approximate surface area is 61.6 Å². The lowest BCUT2D eigenvalue weighted by Gasteiger charge is -2.01. The normalized spacial score (nSPS) is 11.9. The second-order valence-electron chi connectivity index (χ2n) is 0.667. The van der Waals surface area contributed by atoms with E-state index in [9.17, 15) is 4.57 Å². The Bertz CT molecular complexity index is 85.2. The third-order valence-electron chi connectivity index (χ3n) is 0.269. The molecular formula is HCl2O4PS. The van der Waals surface area contributed by atoms with Crippen molar-refractivity contribution in [2.45, 2.75) is 0 Å². The third-order valence-corrected chi connectivity index (χ3v) is 2.42.